The lowest BCUT2D eigenvalue weighted by Crippen LogP contribution is -2.34. The van der Waals surface area contributed by atoms with Gasteiger partial charge in [0.05, 0.1) is 6.10 Å². The Labute approximate surface area is 97.4 Å². The minimum absolute atomic E-state index is 0.390. The molecule has 4 heteroatoms. The van der Waals surface area contributed by atoms with Crippen LogP contribution in [0.2, 0.25) is 0 Å². The van der Waals surface area contributed by atoms with E-state index in [0.29, 0.717) is 25.8 Å². The van der Waals surface area contributed by atoms with Gasteiger partial charge in [0, 0.05) is 13.0 Å². The Bertz CT molecular complexity index is 250. The van der Waals surface area contributed by atoms with Gasteiger partial charge in [0.1, 0.15) is 5.60 Å². The lowest BCUT2D eigenvalue weighted by atomic mass is 10.1. The molecule has 0 saturated heterocycles. The second-order valence-electron chi connectivity index (χ2n) is 4.61. The maximum atomic E-state index is 11.2. The van der Waals surface area contributed by atoms with Crippen molar-refractivity contribution in [1.82, 2.24) is 5.32 Å². The molecule has 16 heavy (non-hydrogen) atoms. The highest BCUT2D eigenvalue weighted by Gasteiger charge is 2.15. The maximum absolute atomic E-state index is 11.2. The highest BCUT2D eigenvalue weighted by molar-refractivity contribution is 5.67. The number of carbonyl (C=O) groups excluding carboxylic acids is 1. The molecule has 0 heterocycles. The highest BCUT2D eigenvalue weighted by Crippen LogP contribution is 2.06. The van der Waals surface area contributed by atoms with Crippen LogP contribution in [-0.4, -0.2) is 29.4 Å². The van der Waals surface area contributed by atoms with E-state index in [2.05, 4.69) is 11.2 Å². The smallest absolute Gasteiger partial charge is 0.407 e. The molecule has 0 bridgehead atoms. The normalized spacial score (nSPS) is 12.7. The molecular formula is C12H21NO3. The van der Waals surface area contributed by atoms with E-state index >= 15 is 0 Å². The van der Waals surface area contributed by atoms with E-state index in [1.54, 1.807) is 20.8 Å². The van der Waals surface area contributed by atoms with Crippen molar-refractivity contribution in [2.75, 3.05) is 6.54 Å². The predicted octanol–water partition coefficient (Wildman–Crippen LogP) is 1.68. The molecule has 92 valence electrons. The lowest BCUT2D eigenvalue weighted by molar-refractivity contribution is 0.0518. The van der Waals surface area contributed by atoms with Gasteiger partial charge in [-0.05, 0) is 33.6 Å². The number of nitrogens with one attached hydrogen (secondary N) is 1. The maximum Gasteiger partial charge on any atom is 0.407 e. The van der Waals surface area contributed by atoms with E-state index in [-0.39, 0.29) is 0 Å². The van der Waals surface area contributed by atoms with Gasteiger partial charge in [0.15, 0.2) is 0 Å². The second kappa shape index (κ2) is 7.13. The number of hydrogen-bond acceptors (Lipinski definition) is 3. The average Bonchev–Trinajstić information content (AvgIpc) is 2.11. The van der Waals surface area contributed by atoms with E-state index in [4.69, 9.17) is 11.2 Å². The number of alkyl carbamates (subject to hydrolysis) is 1. The zero-order valence-corrected chi connectivity index (χ0v) is 10.2. The number of aliphatic hydroxyl groups is 1. The Kier molecular flexibility index (Phi) is 6.59. The molecule has 0 aliphatic carbocycles. The first kappa shape index (κ1) is 14.8. The molecule has 0 spiro atoms. The van der Waals surface area contributed by atoms with Crippen molar-refractivity contribution < 1.29 is 14.6 Å². The first-order valence-corrected chi connectivity index (χ1v) is 5.43. The van der Waals surface area contributed by atoms with Crippen LogP contribution >= 0.6 is 0 Å². The van der Waals surface area contributed by atoms with Crippen molar-refractivity contribution in [2.24, 2.45) is 0 Å². The molecule has 0 fully saturated rings. The zero-order valence-electron chi connectivity index (χ0n) is 10.2. The quantitative estimate of drug-likeness (QED) is 0.702. The summed E-state index contributed by atoms with van der Waals surface area (Å²) in [5.74, 6) is 2.46. The van der Waals surface area contributed by atoms with Crippen LogP contribution in [0.5, 0.6) is 0 Å². The SMILES string of the molecule is C#CCCC(O)CCNC(=O)OC(C)(C)C. The third-order valence-electron chi connectivity index (χ3n) is 1.77. The van der Waals surface area contributed by atoms with Gasteiger partial charge in [0.2, 0.25) is 0 Å². The molecule has 1 amide bonds. The molecule has 1 atom stereocenters. The van der Waals surface area contributed by atoms with Crippen molar-refractivity contribution in [2.45, 2.75) is 51.7 Å². The van der Waals surface area contributed by atoms with Gasteiger partial charge in [-0.1, -0.05) is 0 Å². The standard InChI is InChI=1S/C12H21NO3/c1-5-6-7-10(14)8-9-13-11(15)16-12(2,3)4/h1,10,14H,6-9H2,2-4H3,(H,13,15). The van der Waals surface area contributed by atoms with Gasteiger partial charge in [-0.2, -0.15) is 0 Å². The summed E-state index contributed by atoms with van der Waals surface area (Å²) in [4.78, 5) is 11.2. The molecule has 0 radical (unpaired) electrons. The molecule has 0 aliphatic heterocycles. The summed E-state index contributed by atoms with van der Waals surface area (Å²) < 4.78 is 5.04. The number of ether oxygens (including phenoxy) is 1. The van der Waals surface area contributed by atoms with Crippen molar-refractivity contribution in [3.8, 4) is 12.3 Å². The summed E-state index contributed by atoms with van der Waals surface area (Å²) in [5.41, 5.74) is -0.494. The fraction of sp³-hybridized carbons (Fsp3) is 0.750. The van der Waals surface area contributed by atoms with Crippen LogP contribution in [0.15, 0.2) is 0 Å². The number of carbonyl (C=O) groups is 1. The molecule has 4 nitrogen and oxygen atoms in total. The molecule has 1 unspecified atom stereocenters. The summed E-state index contributed by atoms with van der Waals surface area (Å²) in [6.45, 7) is 5.79. The Balaban J connectivity index is 3.59. The second-order valence-corrected chi connectivity index (χ2v) is 4.61. The Hall–Kier alpha value is -1.21. The minimum atomic E-state index is -0.494. The number of aliphatic hydroxyl groups excluding tert-OH is 1. The Morgan fingerprint density at radius 2 is 2.12 bits per heavy atom. The first-order valence-electron chi connectivity index (χ1n) is 5.43. The van der Waals surface area contributed by atoms with Gasteiger partial charge in [-0.25, -0.2) is 4.79 Å². The van der Waals surface area contributed by atoms with Crippen molar-refractivity contribution in [1.29, 1.82) is 0 Å². The number of terminal acetylenes is 1. The van der Waals surface area contributed by atoms with Gasteiger partial charge in [0.25, 0.3) is 0 Å². The fourth-order valence-electron chi connectivity index (χ4n) is 1.05. The topological polar surface area (TPSA) is 58.6 Å². The highest BCUT2D eigenvalue weighted by atomic mass is 16.6. The van der Waals surface area contributed by atoms with Crippen LogP contribution in [0.25, 0.3) is 0 Å². The van der Waals surface area contributed by atoms with Crippen LogP contribution in [-0.2, 0) is 4.74 Å². The largest absolute Gasteiger partial charge is 0.444 e. The Morgan fingerprint density at radius 1 is 1.50 bits per heavy atom. The van der Waals surface area contributed by atoms with Crippen LogP contribution in [0, 0.1) is 12.3 Å². The summed E-state index contributed by atoms with van der Waals surface area (Å²) in [7, 11) is 0. The first-order chi connectivity index (χ1) is 7.35. The van der Waals surface area contributed by atoms with E-state index in [0.717, 1.165) is 0 Å². The zero-order chi connectivity index (χ0) is 12.6. The van der Waals surface area contributed by atoms with Gasteiger partial charge in [-0.3, -0.25) is 0 Å². The molecule has 0 saturated carbocycles. The molecule has 2 N–H and O–H groups in total. The van der Waals surface area contributed by atoms with Crippen molar-refractivity contribution in [3.63, 3.8) is 0 Å². The van der Waals surface area contributed by atoms with Crippen LogP contribution in [0.1, 0.15) is 40.0 Å². The molecule has 0 aromatic heterocycles. The minimum Gasteiger partial charge on any atom is -0.444 e. The monoisotopic (exact) mass is 227 g/mol. The summed E-state index contributed by atoms with van der Waals surface area (Å²) in [6, 6.07) is 0. The fourth-order valence-corrected chi connectivity index (χ4v) is 1.05. The number of hydrogen-bond donors (Lipinski definition) is 2. The van der Waals surface area contributed by atoms with Crippen LogP contribution in [0.4, 0.5) is 4.79 Å². The van der Waals surface area contributed by atoms with Crippen LogP contribution in [0.3, 0.4) is 0 Å². The summed E-state index contributed by atoms with van der Waals surface area (Å²) in [5, 5.41) is 12.0. The lowest BCUT2D eigenvalue weighted by Gasteiger charge is -2.20. The average molecular weight is 227 g/mol. The predicted molar refractivity (Wildman–Crippen MR) is 62.9 cm³/mol. The van der Waals surface area contributed by atoms with Gasteiger partial charge >= 0.3 is 6.09 Å². The molecule has 0 rings (SSSR count). The molecule has 0 aromatic rings. The van der Waals surface area contributed by atoms with E-state index in [1.165, 1.54) is 0 Å². The number of amides is 1. The third-order valence-corrected chi connectivity index (χ3v) is 1.77. The number of rotatable bonds is 5. The van der Waals surface area contributed by atoms with Crippen molar-refractivity contribution in [3.05, 3.63) is 0 Å². The van der Waals surface area contributed by atoms with E-state index in [1.807, 2.05) is 0 Å². The van der Waals surface area contributed by atoms with Gasteiger partial charge < -0.3 is 15.2 Å². The summed E-state index contributed by atoms with van der Waals surface area (Å²) in [6.07, 6.45) is 5.74. The van der Waals surface area contributed by atoms with E-state index in [9.17, 15) is 9.90 Å². The van der Waals surface area contributed by atoms with Crippen molar-refractivity contribution >= 4 is 6.09 Å². The van der Waals surface area contributed by atoms with Crippen LogP contribution < -0.4 is 5.32 Å². The van der Waals surface area contributed by atoms with E-state index < -0.39 is 17.8 Å². The molecular weight excluding hydrogens is 206 g/mol. The third kappa shape index (κ3) is 9.35. The summed E-state index contributed by atoms with van der Waals surface area (Å²) >= 11 is 0. The molecule has 0 aromatic carbocycles. The Morgan fingerprint density at radius 3 is 2.62 bits per heavy atom. The van der Waals surface area contributed by atoms with Gasteiger partial charge in [-0.15, -0.1) is 12.3 Å². The molecule has 0 aliphatic rings.